The van der Waals surface area contributed by atoms with Gasteiger partial charge in [0.25, 0.3) is 0 Å². The molecule has 0 aliphatic carbocycles. The molecule has 1 atom stereocenters. The van der Waals surface area contributed by atoms with E-state index in [1.54, 1.807) is 12.0 Å². The lowest BCUT2D eigenvalue weighted by Crippen LogP contribution is -2.38. The summed E-state index contributed by atoms with van der Waals surface area (Å²) in [6.45, 7) is 0.245. The van der Waals surface area contributed by atoms with Crippen LogP contribution in [0.3, 0.4) is 0 Å². The Balaban J connectivity index is 1.65. The van der Waals surface area contributed by atoms with Crippen LogP contribution >= 0.6 is 15.9 Å². The van der Waals surface area contributed by atoms with E-state index in [-0.39, 0.29) is 18.7 Å². The van der Waals surface area contributed by atoms with Gasteiger partial charge in [-0.25, -0.2) is 4.79 Å². The van der Waals surface area contributed by atoms with Crippen molar-refractivity contribution < 1.29 is 14.3 Å². The summed E-state index contributed by atoms with van der Waals surface area (Å²) >= 11 is 3.54. The number of ether oxygens (including phenoxy) is 2. The van der Waals surface area contributed by atoms with Crippen LogP contribution in [-0.4, -0.2) is 13.2 Å². The van der Waals surface area contributed by atoms with Crippen LogP contribution in [-0.2, 0) is 17.8 Å². The minimum absolute atomic E-state index is 0.0917. The van der Waals surface area contributed by atoms with Crippen LogP contribution in [0, 0.1) is 0 Å². The van der Waals surface area contributed by atoms with Crippen molar-refractivity contribution in [2.75, 3.05) is 12.0 Å². The zero-order valence-electron chi connectivity index (χ0n) is 16.2. The molecule has 5 heteroatoms. The van der Waals surface area contributed by atoms with Crippen LogP contribution in [0.2, 0.25) is 0 Å². The molecule has 0 fully saturated rings. The number of hydrogen-bond donors (Lipinski definition) is 0. The minimum atomic E-state index is -0.339. The lowest BCUT2D eigenvalue weighted by atomic mass is 9.91. The van der Waals surface area contributed by atoms with E-state index in [1.165, 1.54) is 0 Å². The van der Waals surface area contributed by atoms with E-state index in [9.17, 15) is 4.79 Å². The molecule has 0 saturated heterocycles. The molecule has 148 valence electrons. The van der Waals surface area contributed by atoms with Crippen LogP contribution in [0.15, 0.2) is 77.3 Å². The highest BCUT2D eigenvalue weighted by atomic mass is 79.9. The maximum Gasteiger partial charge on any atom is 0.415 e. The second-order valence-corrected chi connectivity index (χ2v) is 7.93. The molecule has 0 saturated carbocycles. The van der Waals surface area contributed by atoms with Crippen molar-refractivity contribution in [1.82, 2.24) is 0 Å². The average Bonchev–Trinajstić information content (AvgIpc) is 2.77. The number of hydrogen-bond acceptors (Lipinski definition) is 3. The number of fused-ring (bicyclic) bond motifs is 1. The van der Waals surface area contributed by atoms with Crippen molar-refractivity contribution in [3.05, 3.63) is 94.0 Å². The van der Waals surface area contributed by atoms with Gasteiger partial charge in [-0.1, -0.05) is 64.5 Å². The van der Waals surface area contributed by atoms with Gasteiger partial charge in [0.1, 0.15) is 12.4 Å². The van der Waals surface area contributed by atoms with Gasteiger partial charge in [0.05, 0.1) is 18.8 Å². The smallest absolute Gasteiger partial charge is 0.415 e. The quantitative estimate of drug-likeness (QED) is 0.467. The van der Waals surface area contributed by atoms with Crippen LogP contribution in [0.5, 0.6) is 5.75 Å². The molecular weight excluding hydrogens is 430 g/mol. The normalized spacial score (nSPS) is 15.5. The standard InChI is InChI=1S/C24H22BrNO3/c1-28-21-12-8-18(9-13-21)22-14-10-19-7-11-20(25)15-23(19)26(22)24(27)29-16-17-5-3-2-4-6-17/h2-9,11-13,15,22H,10,14,16H2,1H3. The number of carbonyl (C=O) groups excluding carboxylic acids is 1. The Labute approximate surface area is 179 Å². The zero-order chi connectivity index (χ0) is 20.2. The molecule has 0 radical (unpaired) electrons. The van der Waals surface area contributed by atoms with E-state index >= 15 is 0 Å². The van der Waals surface area contributed by atoms with Gasteiger partial charge in [0.15, 0.2) is 0 Å². The molecule has 0 aromatic heterocycles. The summed E-state index contributed by atoms with van der Waals surface area (Å²) in [5.41, 5.74) is 4.07. The summed E-state index contributed by atoms with van der Waals surface area (Å²) in [5.74, 6) is 0.797. The van der Waals surface area contributed by atoms with Crippen LogP contribution in [0.4, 0.5) is 10.5 Å². The molecule has 1 aliphatic heterocycles. The predicted octanol–water partition coefficient (Wildman–Crippen LogP) is 6.29. The van der Waals surface area contributed by atoms with E-state index in [4.69, 9.17) is 9.47 Å². The van der Waals surface area contributed by atoms with Gasteiger partial charge in [-0.3, -0.25) is 4.90 Å². The first-order valence-corrected chi connectivity index (χ1v) is 10.4. The number of methoxy groups -OCH3 is 1. The topological polar surface area (TPSA) is 38.8 Å². The number of halogens is 1. The van der Waals surface area contributed by atoms with E-state index in [2.05, 4.69) is 22.0 Å². The van der Waals surface area contributed by atoms with Gasteiger partial charge in [0, 0.05) is 4.47 Å². The summed E-state index contributed by atoms with van der Waals surface area (Å²) in [6.07, 6.45) is 1.40. The Morgan fingerprint density at radius 2 is 1.83 bits per heavy atom. The molecule has 0 N–H and O–H groups in total. The molecule has 4 nitrogen and oxygen atoms in total. The second kappa shape index (κ2) is 8.70. The van der Waals surface area contributed by atoms with Crippen LogP contribution in [0.1, 0.15) is 29.2 Å². The predicted molar refractivity (Wildman–Crippen MR) is 117 cm³/mol. The number of benzene rings is 3. The molecule has 0 spiro atoms. The van der Waals surface area contributed by atoms with Crippen molar-refractivity contribution in [1.29, 1.82) is 0 Å². The van der Waals surface area contributed by atoms with Crippen molar-refractivity contribution in [3.8, 4) is 5.75 Å². The Morgan fingerprint density at radius 1 is 1.07 bits per heavy atom. The maximum absolute atomic E-state index is 13.2. The van der Waals surface area contributed by atoms with Crippen molar-refractivity contribution in [2.24, 2.45) is 0 Å². The fraction of sp³-hybridized carbons (Fsp3) is 0.208. The number of nitrogens with zero attached hydrogens (tertiary/aromatic N) is 1. The second-order valence-electron chi connectivity index (χ2n) is 7.01. The maximum atomic E-state index is 13.2. The molecule has 1 aliphatic rings. The van der Waals surface area contributed by atoms with E-state index in [0.717, 1.165) is 45.4 Å². The molecule has 0 bridgehead atoms. The SMILES string of the molecule is COc1ccc(C2CCc3ccc(Br)cc3N2C(=O)OCc2ccccc2)cc1. The number of anilines is 1. The van der Waals surface area contributed by atoms with E-state index in [1.807, 2.05) is 66.7 Å². The fourth-order valence-electron chi connectivity index (χ4n) is 3.72. The molecule has 4 rings (SSSR count). The summed E-state index contributed by atoms with van der Waals surface area (Å²) in [4.78, 5) is 15.0. The van der Waals surface area contributed by atoms with Crippen molar-refractivity contribution >= 4 is 27.7 Å². The Morgan fingerprint density at radius 3 is 2.55 bits per heavy atom. The largest absolute Gasteiger partial charge is 0.497 e. The molecular formula is C24H22BrNO3. The van der Waals surface area contributed by atoms with Gasteiger partial charge < -0.3 is 9.47 Å². The first kappa shape index (κ1) is 19.5. The number of carbonyl (C=O) groups is 1. The molecule has 1 unspecified atom stereocenters. The Kier molecular flexibility index (Phi) is 5.86. The van der Waals surface area contributed by atoms with Crippen molar-refractivity contribution in [3.63, 3.8) is 0 Å². The van der Waals surface area contributed by atoms with E-state index in [0.29, 0.717) is 0 Å². The summed E-state index contributed by atoms with van der Waals surface area (Å²) in [6, 6.07) is 23.6. The molecule has 29 heavy (non-hydrogen) atoms. The number of rotatable bonds is 4. The summed E-state index contributed by atoms with van der Waals surface area (Å²) in [7, 11) is 1.65. The van der Waals surface area contributed by atoms with Gasteiger partial charge >= 0.3 is 6.09 Å². The lowest BCUT2D eigenvalue weighted by Gasteiger charge is -2.37. The first-order chi connectivity index (χ1) is 14.2. The Bertz CT molecular complexity index is 989. The highest BCUT2D eigenvalue weighted by Crippen LogP contribution is 2.40. The Hall–Kier alpha value is -2.79. The molecule has 1 amide bonds. The van der Waals surface area contributed by atoms with Gasteiger partial charge in [-0.05, 0) is 53.8 Å². The lowest BCUT2D eigenvalue weighted by molar-refractivity contribution is 0.143. The number of aryl methyl sites for hydroxylation is 1. The molecule has 1 heterocycles. The van der Waals surface area contributed by atoms with Gasteiger partial charge in [0.2, 0.25) is 0 Å². The monoisotopic (exact) mass is 451 g/mol. The first-order valence-electron chi connectivity index (χ1n) is 9.58. The third-order valence-corrected chi connectivity index (χ3v) is 5.70. The number of amides is 1. The third kappa shape index (κ3) is 4.30. The van der Waals surface area contributed by atoms with Gasteiger partial charge in [-0.2, -0.15) is 0 Å². The molecule has 3 aromatic carbocycles. The van der Waals surface area contributed by atoms with Gasteiger partial charge in [-0.15, -0.1) is 0 Å². The average molecular weight is 452 g/mol. The van der Waals surface area contributed by atoms with Crippen LogP contribution in [0.25, 0.3) is 0 Å². The zero-order valence-corrected chi connectivity index (χ0v) is 17.8. The summed E-state index contributed by atoms with van der Waals surface area (Å²) in [5, 5.41) is 0. The van der Waals surface area contributed by atoms with E-state index < -0.39 is 0 Å². The highest BCUT2D eigenvalue weighted by Gasteiger charge is 2.33. The third-order valence-electron chi connectivity index (χ3n) is 5.21. The highest BCUT2D eigenvalue weighted by molar-refractivity contribution is 9.10. The van der Waals surface area contributed by atoms with Crippen molar-refractivity contribution in [2.45, 2.75) is 25.5 Å². The molecule has 3 aromatic rings. The minimum Gasteiger partial charge on any atom is -0.497 e. The van der Waals surface area contributed by atoms with Crippen LogP contribution < -0.4 is 9.64 Å². The fourth-order valence-corrected chi connectivity index (χ4v) is 4.07. The summed E-state index contributed by atoms with van der Waals surface area (Å²) < 4.78 is 11.9.